The topological polar surface area (TPSA) is 198 Å². The molecule has 5 aromatic rings. The summed E-state index contributed by atoms with van der Waals surface area (Å²) in [7, 11) is 0. The second-order valence-corrected chi connectivity index (χ2v) is 16.5. The number of nitriles is 4. The fourth-order valence-electron chi connectivity index (χ4n) is 7.53. The first kappa shape index (κ1) is 37.9. The molecule has 60 heavy (non-hydrogen) atoms. The maximum absolute atomic E-state index is 14.3. The number of allylic oxidation sites excluding steroid dienone is 4. The summed E-state index contributed by atoms with van der Waals surface area (Å²) in [6.45, 7) is 7.22. The summed E-state index contributed by atoms with van der Waals surface area (Å²) >= 11 is 2.07. The monoisotopic (exact) mass is 838 g/mol. The average molecular weight is 839 g/mol. The number of carbonyl (C=O) groups excluding carboxylic acids is 2. The molecule has 12 nitrogen and oxygen atoms in total. The lowest BCUT2D eigenvalue weighted by atomic mass is 9.81. The molecule has 290 valence electrons. The number of benzene rings is 3. The number of aliphatic imine (C=N–C) groups is 2. The molecule has 0 amide bonds. The third-order valence-electron chi connectivity index (χ3n) is 10.2. The quantitative estimate of drug-likeness (QED) is 0.122. The van der Waals surface area contributed by atoms with Gasteiger partial charge in [0.2, 0.25) is 33.6 Å². The second kappa shape index (κ2) is 12.9. The Morgan fingerprint density at radius 1 is 0.567 bits per heavy atom. The smallest absolute Gasteiger partial charge is 0.235 e. The number of halogens is 4. The Balaban J connectivity index is 1.16. The number of Topliss-reactive ketones (excluding diaryl/α,β-unsaturated/α-hetero) is 2. The highest BCUT2D eigenvalue weighted by Gasteiger charge is 2.43. The predicted octanol–water partition coefficient (Wildman–Crippen LogP) is 9.28. The van der Waals surface area contributed by atoms with Crippen molar-refractivity contribution >= 4 is 67.1 Å². The van der Waals surface area contributed by atoms with Gasteiger partial charge in [-0.1, -0.05) is 22.7 Å². The highest BCUT2D eigenvalue weighted by atomic mass is 32.1. The summed E-state index contributed by atoms with van der Waals surface area (Å²) in [5.74, 6) is -6.48. The highest BCUT2D eigenvalue weighted by molar-refractivity contribution is 7.19. The minimum atomic E-state index is -1.29. The maximum atomic E-state index is 14.3. The number of aromatic nitrogens is 2. The van der Waals surface area contributed by atoms with Crippen molar-refractivity contribution in [2.75, 3.05) is 0 Å². The number of hydrogen-bond donors (Lipinski definition) is 0. The van der Waals surface area contributed by atoms with Gasteiger partial charge in [0.15, 0.2) is 23.3 Å². The van der Waals surface area contributed by atoms with E-state index in [0.717, 1.165) is 34.8 Å². The normalized spacial score (nSPS) is 17.2. The number of thiazole rings is 2. The molecule has 3 aromatic carbocycles. The zero-order valence-electron chi connectivity index (χ0n) is 31.0. The highest BCUT2D eigenvalue weighted by Crippen LogP contribution is 2.56. The molecule has 0 saturated heterocycles. The first-order chi connectivity index (χ1) is 28.5. The molecule has 0 spiro atoms. The lowest BCUT2D eigenvalue weighted by Crippen LogP contribution is -2.32. The summed E-state index contributed by atoms with van der Waals surface area (Å²) in [5, 5.41) is 38.8. The molecule has 0 saturated carbocycles. The van der Waals surface area contributed by atoms with E-state index in [-0.39, 0.29) is 55.4 Å². The van der Waals surface area contributed by atoms with Crippen LogP contribution in [0, 0.1) is 68.6 Å². The van der Waals surface area contributed by atoms with Gasteiger partial charge in [0.1, 0.15) is 67.8 Å². The van der Waals surface area contributed by atoms with Crippen LogP contribution in [0.2, 0.25) is 0 Å². The lowest BCUT2D eigenvalue weighted by molar-refractivity contribution is 0.0954. The van der Waals surface area contributed by atoms with E-state index in [0.29, 0.717) is 44.1 Å². The van der Waals surface area contributed by atoms with Crippen LogP contribution in [0.3, 0.4) is 0 Å². The van der Waals surface area contributed by atoms with Crippen LogP contribution in [0.5, 0.6) is 11.8 Å². The molecule has 4 aliphatic rings. The van der Waals surface area contributed by atoms with Gasteiger partial charge in [0.05, 0.1) is 0 Å². The fourth-order valence-corrected chi connectivity index (χ4v) is 9.34. The Hall–Kier alpha value is -7.64. The first-order valence-electron chi connectivity index (χ1n) is 17.4. The van der Waals surface area contributed by atoms with E-state index in [1.54, 1.807) is 52.0 Å². The Morgan fingerprint density at radius 2 is 0.900 bits per heavy atom. The van der Waals surface area contributed by atoms with Crippen LogP contribution < -0.4 is 9.47 Å². The number of carbonyl (C=O) groups is 2. The predicted molar refractivity (Wildman–Crippen MR) is 208 cm³/mol. The Kier molecular flexibility index (Phi) is 8.17. The third kappa shape index (κ3) is 5.43. The Morgan fingerprint density at radius 3 is 1.23 bits per heavy atom. The summed E-state index contributed by atoms with van der Waals surface area (Å²) in [6, 6.07) is 13.5. The zero-order valence-corrected chi connectivity index (χ0v) is 32.6. The Bertz CT molecular complexity index is 3010. The maximum Gasteiger partial charge on any atom is 0.235 e. The van der Waals surface area contributed by atoms with Crippen molar-refractivity contribution in [3.63, 3.8) is 0 Å². The SMILES string of the molecule is CC1(C)Oc2nc(N=C3C(=O)c4cc(F)c(F)cc4C3=C(C#N)C#N)sc2-c2cc3c(cc21)-c1sc(N=C2C(=O)c4cc(F)c(F)cc4C2=C(C#N)C#N)nc1OC3(C)C. The summed E-state index contributed by atoms with van der Waals surface area (Å²) < 4.78 is 69.9. The molecule has 2 aromatic heterocycles. The van der Waals surface area contributed by atoms with Crippen LogP contribution in [-0.4, -0.2) is 33.0 Å². The van der Waals surface area contributed by atoms with Crippen molar-refractivity contribution in [1.29, 1.82) is 21.0 Å². The van der Waals surface area contributed by atoms with Crippen LogP contribution in [-0.2, 0) is 11.2 Å². The number of fused-ring (bicyclic) bond motifs is 8. The van der Waals surface area contributed by atoms with Gasteiger partial charge in [-0.15, -0.1) is 0 Å². The third-order valence-corrected chi connectivity index (χ3v) is 12.2. The molecule has 0 unspecified atom stereocenters. The molecule has 0 fully saturated rings. The van der Waals surface area contributed by atoms with E-state index in [2.05, 4.69) is 20.0 Å². The molecule has 9 rings (SSSR count). The molecule has 0 bridgehead atoms. The van der Waals surface area contributed by atoms with Crippen LogP contribution in [0.25, 0.3) is 32.0 Å². The summed E-state index contributed by atoms with van der Waals surface area (Å²) in [5.41, 5.74) is -2.50. The number of ketones is 2. The van der Waals surface area contributed by atoms with Crippen LogP contribution in [0.15, 0.2) is 57.5 Å². The summed E-state index contributed by atoms with van der Waals surface area (Å²) in [6.07, 6.45) is 0. The lowest BCUT2D eigenvalue weighted by Gasteiger charge is -2.37. The number of rotatable bonds is 2. The van der Waals surface area contributed by atoms with Gasteiger partial charge in [-0.25, -0.2) is 27.5 Å². The minimum Gasteiger partial charge on any atom is -0.466 e. The van der Waals surface area contributed by atoms with Gasteiger partial charge in [-0.3, -0.25) is 9.59 Å². The van der Waals surface area contributed by atoms with E-state index in [9.17, 15) is 48.2 Å². The van der Waals surface area contributed by atoms with Crippen LogP contribution in [0.4, 0.5) is 27.8 Å². The second-order valence-electron chi connectivity index (χ2n) is 14.6. The standard InChI is InChI=1S/C42H18F4N8O4S2/c1-41(2)23-5-22-24(6-21(23)35-37(57-41)53-39(59-35)51-31-29(15(11-47)12-48)17-7-25(43)27(45)9-19(17)33(31)55)42(3,4)58-38-36(22)60-40(54-38)52-32-30(16(13-49)14-50)18-8-26(44)28(46)10-20(18)34(32)56/h5-10H,1-4H3. The van der Waals surface area contributed by atoms with Crippen molar-refractivity contribution in [3.05, 3.63) is 104 Å². The largest absolute Gasteiger partial charge is 0.466 e. The van der Waals surface area contributed by atoms with Crippen molar-refractivity contribution in [2.45, 2.75) is 38.9 Å². The molecule has 4 heterocycles. The van der Waals surface area contributed by atoms with Crippen LogP contribution >= 0.6 is 22.7 Å². The molecule has 2 aliphatic heterocycles. The Labute approximate surface area is 343 Å². The van der Waals surface area contributed by atoms with E-state index in [1.807, 2.05) is 12.1 Å². The fraction of sp³-hybridized carbons (Fsp3) is 0.143. The minimum absolute atomic E-state index is 0.00586. The van der Waals surface area contributed by atoms with E-state index in [4.69, 9.17) is 9.47 Å². The molecule has 0 N–H and O–H groups in total. The molecule has 0 atom stereocenters. The molecular formula is C42H18F4N8O4S2. The zero-order chi connectivity index (χ0) is 42.7. The van der Waals surface area contributed by atoms with Gasteiger partial charge in [-0.2, -0.15) is 31.0 Å². The van der Waals surface area contributed by atoms with E-state index in [1.165, 1.54) is 0 Å². The van der Waals surface area contributed by atoms with E-state index >= 15 is 0 Å². The van der Waals surface area contributed by atoms with Crippen LogP contribution in [0.1, 0.15) is 70.7 Å². The van der Waals surface area contributed by atoms with Gasteiger partial charge in [-0.05, 0) is 64.1 Å². The van der Waals surface area contributed by atoms with Gasteiger partial charge in [0, 0.05) is 55.7 Å². The number of ether oxygens (including phenoxy) is 2. The van der Waals surface area contributed by atoms with E-state index < -0.39 is 68.6 Å². The average Bonchev–Trinajstić information content (AvgIpc) is 3.92. The van der Waals surface area contributed by atoms with Gasteiger partial charge in [0.25, 0.3) is 0 Å². The molecule has 0 radical (unpaired) electrons. The number of nitrogens with zero attached hydrogens (tertiary/aromatic N) is 8. The number of hydrogen-bond acceptors (Lipinski definition) is 14. The summed E-state index contributed by atoms with van der Waals surface area (Å²) in [4.78, 5) is 46.0. The van der Waals surface area contributed by atoms with Gasteiger partial charge >= 0.3 is 0 Å². The molecule has 18 heteroatoms. The van der Waals surface area contributed by atoms with Gasteiger partial charge < -0.3 is 9.47 Å². The van der Waals surface area contributed by atoms with Crippen molar-refractivity contribution < 1.29 is 36.6 Å². The van der Waals surface area contributed by atoms with Crippen molar-refractivity contribution in [2.24, 2.45) is 9.98 Å². The van der Waals surface area contributed by atoms with Crippen molar-refractivity contribution in [3.8, 4) is 56.9 Å². The molecular weight excluding hydrogens is 821 g/mol. The molecule has 2 aliphatic carbocycles. The first-order valence-corrected chi connectivity index (χ1v) is 19.1. The van der Waals surface area contributed by atoms with Crippen molar-refractivity contribution in [1.82, 2.24) is 9.97 Å².